The van der Waals surface area contributed by atoms with Crippen LogP contribution in [0.4, 0.5) is 0 Å². The van der Waals surface area contributed by atoms with E-state index < -0.39 is 5.97 Å². The molecule has 3 nitrogen and oxygen atoms in total. The molecule has 1 aliphatic carbocycles. The molecule has 0 aromatic carbocycles. The lowest BCUT2D eigenvalue weighted by Crippen LogP contribution is -2.24. The van der Waals surface area contributed by atoms with Gasteiger partial charge in [0.25, 0.3) is 0 Å². The molecule has 0 fully saturated rings. The zero-order valence-corrected chi connectivity index (χ0v) is 10.8. The van der Waals surface area contributed by atoms with Gasteiger partial charge in [0.2, 0.25) is 0 Å². The maximum absolute atomic E-state index is 10.5. The second-order valence-electron chi connectivity index (χ2n) is 5.88. The minimum atomic E-state index is -0.820. The fourth-order valence-corrected chi connectivity index (χ4v) is 2.54. The highest BCUT2D eigenvalue weighted by molar-refractivity contribution is 5.67. The molecule has 0 radical (unpaired) electrons. The van der Waals surface area contributed by atoms with E-state index in [1.165, 1.54) is 11.1 Å². The summed E-state index contributed by atoms with van der Waals surface area (Å²) in [7, 11) is 0. The van der Waals surface area contributed by atoms with Crippen molar-refractivity contribution in [2.45, 2.75) is 52.0 Å². The molecule has 0 saturated heterocycles. The van der Waals surface area contributed by atoms with Gasteiger partial charge in [0, 0.05) is 6.04 Å². The quantitative estimate of drug-likeness (QED) is 0.772. The van der Waals surface area contributed by atoms with Gasteiger partial charge < -0.3 is 10.8 Å². The molecule has 17 heavy (non-hydrogen) atoms. The van der Waals surface area contributed by atoms with Crippen LogP contribution in [0, 0.1) is 5.41 Å². The Kier molecular flexibility index (Phi) is 4.52. The highest BCUT2D eigenvalue weighted by Crippen LogP contribution is 2.38. The van der Waals surface area contributed by atoms with Crippen LogP contribution in [0.25, 0.3) is 0 Å². The molecule has 0 spiro atoms. The number of rotatable bonds is 5. The maximum Gasteiger partial charge on any atom is 0.304 e. The van der Waals surface area contributed by atoms with Gasteiger partial charge in [-0.1, -0.05) is 37.6 Å². The minimum Gasteiger partial charge on any atom is -0.481 e. The maximum atomic E-state index is 10.5. The van der Waals surface area contributed by atoms with Gasteiger partial charge in [-0.25, -0.2) is 0 Å². The first-order chi connectivity index (χ1) is 7.78. The van der Waals surface area contributed by atoms with E-state index in [4.69, 9.17) is 10.8 Å². The fourth-order valence-electron chi connectivity index (χ4n) is 2.54. The largest absolute Gasteiger partial charge is 0.481 e. The second-order valence-corrected chi connectivity index (χ2v) is 5.88. The number of allylic oxidation sites excluding steroid dienone is 3. The minimum absolute atomic E-state index is 0.0532. The Morgan fingerprint density at radius 3 is 2.76 bits per heavy atom. The van der Waals surface area contributed by atoms with Crippen molar-refractivity contribution in [1.82, 2.24) is 0 Å². The molecule has 3 N–H and O–H groups in total. The van der Waals surface area contributed by atoms with Crippen LogP contribution in [0.1, 0.15) is 46.0 Å². The van der Waals surface area contributed by atoms with Crippen molar-refractivity contribution < 1.29 is 9.90 Å². The smallest absolute Gasteiger partial charge is 0.304 e. The predicted molar refractivity (Wildman–Crippen MR) is 69.7 cm³/mol. The number of carbonyl (C=O) groups is 1. The molecule has 0 aromatic heterocycles. The molecular formula is C14H23NO2. The van der Waals surface area contributed by atoms with Crippen LogP contribution < -0.4 is 5.73 Å². The fraction of sp³-hybridized carbons (Fsp3) is 0.643. The number of aliphatic carboxylic acids is 1. The zero-order valence-electron chi connectivity index (χ0n) is 10.8. The highest BCUT2D eigenvalue weighted by atomic mass is 16.4. The standard InChI is InChI=1S/C14H23NO2/c1-10-6-11(9-14(2,3)8-10)4-5-12(15)7-13(16)17/h6,12H,1,4-5,7-9,15H2,2-3H3,(H,16,17). The van der Waals surface area contributed by atoms with Gasteiger partial charge in [0.15, 0.2) is 0 Å². The van der Waals surface area contributed by atoms with E-state index in [2.05, 4.69) is 26.5 Å². The first-order valence-corrected chi connectivity index (χ1v) is 6.13. The summed E-state index contributed by atoms with van der Waals surface area (Å²) in [6.07, 6.45) is 5.93. The number of carboxylic acid groups (broad SMARTS) is 1. The van der Waals surface area contributed by atoms with Gasteiger partial charge in [-0.05, 0) is 31.1 Å². The average molecular weight is 237 g/mol. The number of hydrogen-bond donors (Lipinski definition) is 2. The third-order valence-corrected chi connectivity index (χ3v) is 3.09. The third kappa shape index (κ3) is 5.18. The number of nitrogens with two attached hydrogens (primary N) is 1. The molecule has 3 heteroatoms. The molecular weight excluding hydrogens is 214 g/mol. The monoisotopic (exact) mass is 237 g/mol. The molecule has 0 amide bonds. The Labute approximate surface area is 103 Å². The summed E-state index contributed by atoms with van der Waals surface area (Å²) >= 11 is 0. The zero-order chi connectivity index (χ0) is 13.1. The van der Waals surface area contributed by atoms with E-state index >= 15 is 0 Å². The molecule has 96 valence electrons. The van der Waals surface area contributed by atoms with Crippen LogP contribution in [-0.2, 0) is 4.79 Å². The van der Waals surface area contributed by atoms with Crippen LogP contribution >= 0.6 is 0 Å². The van der Waals surface area contributed by atoms with Crippen molar-refractivity contribution in [3.8, 4) is 0 Å². The second kappa shape index (κ2) is 5.50. The summed E-state index contributed by atoms with van der Waals surface area (Å²) in [6, 6.07) is -0.244. The van der Waals surface area contributed by atoms with E-state index in [9.17, 15) is 4.79 Å². The van der Waals surface area contributed by atoms with Crippen molar-refractivity contribution in [3.05, 3.63) is 23.8 Å². The van der Waals surface area contributed by atoms with E-state index in [1.54, 1.807) is 0 Å². The van der Waals surface area contributed by atoms with E-state index in [0.29, 0.717) is 0 Å². The summed E-state index contributed by atoms with van der Waals surface area (Å²) in [5.74, 6) is -0.820. The molecule has 1 aliphatic rings. The lowest BCUT2D eigenvalue weighted by atomic mass is 9.74. The predicted octanol–water partition coefficient (Wildman–Crippen LogP) is 2.87. The SMILES string of the molecule is C=C1C=C(CCC(N)CC(=O)O)CC(C)(C)C1. The Morgan fingerprint density at radius 2 is 2.24 bits per heavy atom. The normalized spacial score (nSPS) is 20.9. The third-order valence-electron chi connectivity index (χ3n) is 3.09. The van der Waals surface area contributed by atoms with Crippen LogP contribution in [0.3, 0.4) is 0 Å². The molecule has 1 rings (SSSR count). The summed E-state index contributed by atoms with van der Waals surface area (Å²) in [6.45, 7) is 8.51. The highest BCUT2D eigenvalue weighted by Gasteiger charge is 2.24. The summed E-state index contributed by atoms with van der Waals surface area (Å²) in [5, 5.41) is 8.64. The average Bonchev–Trinajstić information content (AvgIpc) is 2.10. The number of carboxylic acids is 1. The molecule has 0 aromatic rings. The van der Waals surface area contributed by atoms with Gasteiger partial charge in [-0.15, -0.1) is 0 Å². The topological polar surface area (TPSA) is 63.3 Å². The van der Waals surface area contributed by atoms with Gasteiger partial charge in [0.05, 0.1) is 6.42 Å². The molecule has 0 heterocycles. The molecule has 0 saturated carbocycles. The Balaban J connectivity index is 2.46. The van der Waals surface area contributed by atoms with E-state index in [-0.39, 0.29) is 17.9 Å². The van der Waals surface area contributed by atoms with Crippen molar-refractivity contribution in [3.63, 3.8) is 0 Å². The van der Waals surface area contributed by atoms with Crippen molar-refractivity contribution >= 4 is 5.97 Å². The van der Waals surface area contributed by atoms with E-state index in [1.807, 2.05) is 0 Å². The molecule has 0 bridgehead atoms. The van der Waals surface area contributed by atoms with Crippen LogP contribution in [0.15, 0.2) is 23.8 Å². The van der Waals surface area contributed by atoms with Crippen molar-refractivity contribution in [2.24, 2.45) is 11.1 Å². The van der Waals surface area contributed by atoms with Gasteiger partial charge in [-0.3, -0.25) is 4.79 Å². The summed E-state index contributed by atoms with van der Waals surface area (Å²) < 4.78 is 0. The molecule has 1 atom stereocenters. The van der Waals surface area contributed by atoms with Crippen LogP contribution in [0.2, 0.25) is 0 Å². The summed E-state index contributed by atoms with van der Waals surface area (Å²) in [5.41, 5.74) is 8.56. The van der Waals surface area contributed by atoms with Gasteiger partial charge in [0.1, 0.15) is 0 Å². The van der Waals surface area contributed by atoms with Crippen LogP contribution in [0.5, 0.6) is 0 Å². The summed E-state index contributed by atoms with van der Waals surface area (Å²) in [4.78, 5) is 10.5. The Hall–Kier alpha value is -1.09. The van der Waals surface area contributed by atoms with Crippen LogP contribution in [-0.4, -0.2) is 17.1 Å². The van der Waals surface area contributed by atoms with Crippen molar-refractivity contribution in [2.75, 3.05) is 0 Å². The Morgan fingerprint density at radius 1 is 1.59 bits per heavy atom. The molecule has 0 aliphatic heterocycles. The number of hydrogen-bond acceptors (Lipinski definition) is 2. The lowest BCUT2D eigenvalue weighted by molar-refractivity contribution is -0.137. The van der Waals surface area contributed by atoms with Crippen molar-refractivity contribution in [1.29, 1.82) is 0 Å². The van der Waals surface area contributed by atoms with Gasteiger partial charge in [-0.2, -0.15) is 0 Å². The van der Waals surface area contributed by atoms with E-state index in [0.717, 1.165) is 25.7 Å². The first kappa shape index (κ1) is 14.0. The Bertz CT molecular complexity index is 342. The lowest BCUT2D eigenvalue weighted by Gasteiger charge is -2.31. The first-order valence-electron chi connectivity index (χ1n) is 6.13. The molecule has 1 unspecified atom stereocenters. The van der Waals surface area contributed by atoms with Gasteiger partial charge >= 0.3 is 5.97 Å².